The van der Waals surface area contributed by atoms with Crippen LogP contribution in [0, 0.1) is 13.8 Å². The van der Waals surface area contributed by atoms with Gasteiger partial charge in [-0.2, -0.15) is 0 Å². The zero-order valence-electron chi connectivity index (χ0n) is 17.8. The molecule has 0 unspecified atom stereocenters. The number of benzene rings is 2. The zero-order chi connectivity index (χ0) is 21.3. The zero-order valence-corrected chi connectivity index (χ0v) is 18.6. The second-order valence-corrected chi connectivity index (χ2v) is 7.90. The van der Waals surface area contributed by atoms with E-state index in [9.17, 15) is 0 Å². The lowest BCUT2D eigenvalue weighted by Gasteiger charge is -2.39. The summed E-state index contributed by atoms with van der Waals surface area (Å²) < 4.78 is 13.3. The molecule has 0 bridgehead atoms. The number of methoxy groups -OCH3 is 2. The Bertz CT molecular complexity index is 1080. The number of hydrogen-bond acceptors (Lipinski definition) is 3. The van der Waals surface area contributed by atoms with Gasteiger partial charge in [-0.3, -0.25) is 0 Å². The Morgan fingerprint density at radius 1 is 1.00 bits per heavy atom. The van der Waals surface area contributed by atoms with Gasteiger partial charge in [0.2, 0.25) is 0 Å². The fourth-order valence-electron chi connectivity index (χ4n) is 4.05. The van der Waals surface area contributed by atoms with Gasteiger partial charge in [0.15, 0.2) is 16.6 Å². The van der Waals surface area contributed by atoms with Gasteiger partial charge in [0, 0.05) is 30.7 Å². The first-order chi connectivity index (χ1) is 14.5. The highest BCUT2D eigenvalue weighted by Crippen LogP contribution is 2.37. The molecule has 1 N–H and O–H groups in total. The van der Waals surface area contributed by atoms with Crippen molar-refractivity contribution in [3.05, 3.63) is 77.1 Å². The van der Waals surface area contributed by atoms with Gasteiger partial charge >= 0.3 is 0 Å². The highest BCUT2D eigenvalue weighted by atomic mass is 32.1. The van der Waals surface area contributed by atoms with E-state index in [1.54, 1.807) is 14.2 Å². The van der Waals surface area contributed by atoms with E-state index >= 15 is 0 Å². The number of fused-ring (bicyclic) bond motifs is 1. The number of aryl methyl sites for hydroxylation is 1. The van der Waals surface area contributed by atoms with Crippen molar-refractivity contribution in [2.45, 2.75) is 26.4 Å². The summed E-state index contributed by atoms with van der Waals surface area (Å²) in [6, 6.07) is 16.6. The molecule has 0 spiro atoms. The van der Waals surface area contributed by atoms with Crippen LogP contribution in [-0.2, 0) is 6.54 Å². The molecular weight excluding hydrogens is 394 g/mol. The largest absolute Gasteiger partial charge is 0.493 e. The molecule has 0 radical (unpaired) electrons. The van der Waals surface area contributed by atoms with Crippen LogP contribution < -0.4 is 14.8 Å². The summed E-state index contributed by atoms with van der Waals surface area (Å²) >= 11 is 5.90. The van der Waals surface area contributed by atoms with Crippen LogP contribution in [0.3, 0.4) is 0 Å². The Labute approximate surface area is 183 Å². The van der Waals surface area contributed by atoms with E-state index in [1.165, 1.54) is 16.8 Å². The molecule has 1 aliphatic heterocycles. The molecular formula is C24H27N3O2S. The van der Waals surface area contributed by atoms with E-state index in [2.05, 4.69) is 71.2 Å². The molecule has 2 heterocycles. The van der Waals surface area contributed by atoms with Crippen molar-refractivity contribution < 1.29 is 9.47 Å². The fourth-order valence-corrected chi connectivity index (χ4v) is 4.36. The van der Waals surface area contributed by atoms with Gasteiger partial charge in [-0.25, -0.2) is 0 Å². The summed E-state index contributed by atoms with van der Waals surface area (Å²) in [5.41, 5.74) is 5.82. The molecule has 2 aromatic carbocycles. The van der Waals surface area contributed by atoms with Crippen LogP contribution in [0.15, 0.2) is 54.7 Å². The Morgan fingerprint density at radius 2 is 1.80 bits per heavy atom. The third kappa shape index (κ3) is 3.63. The van der Waals surface area contributed by atoms with Crippen LogP contribution in [-0.4, -0.2) is 35.3 Å². The maximum absolute atomic E-state index is 5.90. The predicted octanol–water partition coefficient (Wildman–Crippen LogP) is 4.92. The van der Waals surface area contributed by atoms with Crippen LogP contribution in [0.25, 0.3) is 0 Å². The van der Waals surface area contributed by atoms with Gasteiger partial charge in [0.25, 0.3) is 0 Å². The molecule has 5 nitrogen and oxygen atoms in total. The van der Waals surface area contributed by atoms with Gasteiger partial charge in [-0.15, -0.1) is 0 Å². The molecule has 0 saturated carbocycles. The SMILES string of the molecule is COc1ccc([C@H]2c3cccn3CCN2C(=S)Nc2cccc(C)c2C)cc1OC. The summed E-state index contributed by atoms with van der Waals surface area (Å²) in [6.45, 7) is 5.94. The van der Waals surface area contributed by atoms with E-state index in [0.29, 0.717) is 5.75 Å². The summed E-state index contributed by atoms with van der Waals surface area (Å²) in [4.78, 5) is 2.26. The molecule has 3 aromatic rings. The molecule has 1 aromatic heterocycles. The highest BCUT2D eigenvalue weighted by molar-refractivity contribution is 7.80. The van der Waals surface area contributed by atoms with Crippen LogP contribution >= 0.6 is 12.2 Å². The standard InChI is InChI=1S/C24H27N3O2S/c1-16-7-5-8-19(17(16)2)25-24(30)27-14-13-26-12-6-9-20(26)23(27)18-10-11-21(28-3)22(15-18)29-4/h5-12,15,23H,13-14H2,1-4H3,(H,25,30)/t23-/m0/s1. The van der Waals surface area contributed by atoms with E-state index in [0.717, 1.165) is 35.2 Å². The third-order valence-electron chi connectivity index (χ3n) is 5.87. The molecule has 1 aliphatic rings. The minimum atomic E-state index is -0.0151. The quantitative estimate of drug-likeness (QED) is 0.605. The van der Waals surface area contributed by atoms with Crippen molar-refractivity contribution in [1.29, 1.82) is 0 Å². The normalized spacial score (nSPS) is 15.5. The lowest BCUT2D eigenvalue weighted by molar-refractivity contribution is 0.291. The van der Waals surface area contributed by atoms with Crippen LogP contribution in [0.1, 0.15) is 28.4 Å². The van der Waals surface area contributed by atoms with Crippen molar-refractivity contribution in [3.8, 4) is 11.5 Å². The maximum atomic E-state index is 5.90. The number of nitrogens with one attached hydrogen (secondary N) is 1. The summed E-state index contributed by atoms with van der Waals surface area (Å²) in [6.07, 6.45) is 2.13. The van der Waals surface area contributed by atoms with E-state index in [-0.39, 0.29) is 6.04 Å². The Kier molecular flexibility index (Phi) is 5.68. The van der Waals surface area contributed by atoms with Crippen molar-refractivity contribution in [2.24, 2.45) is 0 Å². The van der Waals surface area contributed by atoms with Gasteiger partial charge in [-0.05, 0) is 73.1 Å². The fraction of sp³-hybridized carbons (Fsp3) is 0.292. The van der Waals surface area contributed by atoms with Crippen molar-refractivity contribution >= 4 is 23.0 Å². The molecule has 6 heteroatoms. The molecule has 1 atom stereocenters. The minimum Gasteiger partial charge on any atom is -0.493 e. The molecule has 0 aliphatic carbocycles. The second-order valence-electron chi connectivity index (χ2n) is 7.51. The maximum Gasteiger partial charge on any atom is 0.174 e. The topological polar surface area (TPSA) is 38.7 Å². The number of ether oxygens (including phenoxy) is 2. The minimum absolute atomic E-state index is 0.0151. The van der Waals surface area contributed by atoms with Crippen LogP contribution in [0.4, 0.5) is 5.69 Å². The van der Waals surface area contributed by atoms with E-state index in [1.807, 2.05) is 12.1 Å². The molecule has 0 fully saturated rings. The smallest absolute Gasteiger partial charge is 0.174 e. The summed E-state index contributed by atoms with van der Waals surface area (Å²) in [7, 11) is 3.31. The molecule has 0 saturated heterocycles. The number of aromatic nitrogens is 1. The number of anilines is 1. The first kappa shape index (κ1) is 20.3. The summed E-state index contributed by atoms with van der Waals surface area (Å²) in [5.74, 6) is 1.43. The average Bonchev–Trinajstić information content (AvgIpc) is 3.24. The van der Waals surface area contributed by atoms with Crippen molar-refractivity contribution in [3.63, 3.8) is 0 Å². The molecule has 0 amide bonds. The highest BCUT2D eigenvalue weighted by Gasteiger charge is 2.31. The van der Waals surface area contributed by atoms with Crippen LogP contribution in [0.2, 0.25) is 0 Å². The first-order valence-corrected chi connectivity index (χ1v) is 10.4. The number of thiocarbonyl (C=S) groups is 1. The first-order valence-electron chi connectivity index (χ1n) is 10.0. The monoisotopic (exact) mass is 421 g/mol. The Hall–Kier alpha value is -2.99. The second kappa shape index (κ2) is 8.40. The Morgan fingerprint density at radius 3 is 2.57 bits per heavy atom. The Balaban J connectivity index is 1.72. The van der Waals surface area contributed by atoms with Gasteiger partial charge < -0.3 is 24.3 Å². The molecule has 156 valence electrons. The molecule has 30 heavy (non-hydrogen) atoms. The number of rotatable bonds is 4. The van der Waals surface area contributed by atoms with Gasteiger partial charge in [-0.1, -0.05) is 18.2 Å². The van der Waals surface area contributed by atoms with E-state index < -0.39 is 0 Å². The lowest BCUT2D eigenvalue weighted by Crippen LogP contribution is -2.44. The van der Waals surface area contributed by atoms with Crippen molar-refractivity contribution in [2.75, 3.05) is 26.1 Å². The molecule has 4 rings (SSSR count). The van der Waals surface area contributed by atoms with Crippen molar-refractivity contribution in [1.82, 2.24) is 9.47 Å². The number of hydrogen-bond donors (Lipinski definition) is 1. The average molecular weight is 422 g/mol. The van der Waals surface area contributed by atoms with Crippen LogP contribution in [0.5, 0.6) is 11.5 Å². The lowest BCUT2D eigenvalue weighted by atomic mass is 9.99. The predicted molar refractivity (Wildman–Crippen MR) is 125 cm³/mol. The third-order valence-corrected chi connectivity index (χ3v) is 6.21. The van der Waals surface area contributed by atoms with Gasteiger partial charge in [0.05, 0.1) is 20.3 Å². The summed E-state index contributed by atoms with van der Waals surface area (Å²) in [5, 5.41) is 4.21. The van der Waals surface area contributed by atoms with E-state index in [4.69, 9.17) is 21.7 Å². The van der Waals surface area contributed by atoms with Gasteiger partial charge in [0.1, 0.15) is 0 Å². The number of nitrogens with zero attached hydrogens (tertiary/aromatic N) is 2.